The van der Waals surface area contributed by atoms with Gasteiger partial charge in [0.1, 0.15) is 18.0 Å². The molecule has 2 fully saturated rings. The zero-order chi connectivity index (χ0) is 14.7. The van der Waals surface area contributed by atoms with Gasteiger partial charge in [-0.3, -0.25) is 0 Å². The summed E-state index contributed by atoms with van der Waals surface area (Å²) in [5.41, 5.74) is 0. The number of rotatable bonds is 3. The topological polar surface area (TPSA) is 72.7 Å². The highest BCUT2D eigenvalue weighted by molar-refractivity contribution is 5.50. The van der Waals surface area contributed by atoms with Crippen molar-refractivity contribution in [2.75, 3.05) is 42.6 Å². The molecule has 3 heterocycles. The zero-order valence-electron chi connectivity index (χ0n) is 12.4. The number of nitrogens with zero attached hydrogens (tertiary/aromatic N) is 4. The van der Waals surface area contributed by atoms with Crippen LogP contribution in [0.15, 0.2) is 12.4 Å². The van der Waals surface area contributed by atoms with E-state index >= 15 is 0 Å². The molecule has 0 spiro atoms. The second kappa shape index (κ2) is 6.58. The van der Waals surface area contributed by atoms with E-state index in [4.69, 9.17) is 0 Å². The fraction of sp³-hybridized carbons (Fsp3) is 0.733. The smallest absolute Gasteiger partial charge is 0.134 e. The molecule has 2 aliphatic rings. The Labute approximate surface area is 125 Å². The number of hydrogen-bond acceptors (Lipinski definition) is 6. The largest absolute Gasteiger partial charge is 0.396 e. The number of β-amino-alcohol motifs (C(OH)–C–C–N with tert-alkyl or cyclic N) is 1. The predicted molar refractivity (Wildman–Crippen MR) is 81.5 cm³/mol. The molecule has 0 bridgehead atoms. The van der Waals surface area contributed by atoms with Gasteiger partial charge in [-0.1, -0.05) is 0 Å². The van der Waals surface area contributed by atoms with E-state index < -0.39 is 0 Å². The summed E-state index contributed by atoms with van der Waals surface area (Å²) in [6, 6.07) is 2.01. The van der Waals surface area contributed by atoms with Crippen molar-refractivity contribution in [1.82, 2.24) is 9.97 Å². The quantitative estimate of drug-likeness (QED) is 0.852. The Morgan fingerprint density at radius 3 is 2.38 bits per heavy atom. The average molecular weight is 292 g/mol. The average Bonchev–Trinajstić information content (AvgIpc) is 2.55. The highest BCUT2D eigenvalue weighted by Gasteiger charge is 2.23. The summed E-state index contributed by atoms with van der Waals surface area (Å²) in [6.45, 7) is 3.67. The van der Waals surface area contributed by atoms with Gasteiger partial charge >= 0.3 is 0 Å². The van der Waals surface area contributed by atoms with E-state index in [-0.39, 0.29) is 12.7 Å². The first-order valence-corrected chi connectivity index (χ1v) is 7.87. The second-order valence-electron chi connectivity index (χ2n) is 6.11. The van der Waals surface area contributed by atoms with Crippen molar-refractivity contribution in [2.24, 2.45) is 5.92 Å². The number of aliphatic hydroxyl groups excluding tert-OH is 2. The van der Waals surface area contributed by atoms with Crippen molar-refractivity contribution in [2.45, 2.75) is 31.8 Å². The summed E-state index contributed by atoms with van der Waals surface area (Å²) < 4.78 is 0. The molecule has 6 heteroatoms. The highest BCUT2D eigenvalue weighted by atomic mass is 16.3. The minimum atomic E-state index is -0.258. The monoisotopic (exact) mass is 292 g/mol. The number of hydrogen-bond donors (Lipinski definition) is 2. The molecule has 2 aliphatic heterocycles. The summed E-state index contributed by atoms with van der Waals surface area (Å²) >= 11 is 0. The minimum absolute atomic E-state index is 0.243. The van der Waals surface area contributed by atoms with Gasteiger partial charge in [0.15, 0.2) is 0 Å². The molecule has 0 saturated carbocycles. The van der Waals surface area contributed by atoms with E-state index in [0.29, 0.717) is 12.5 Å². The van der Waals surface area contributed by atoms with Gasteiger partial charge in [0.2, 0.25) is 0 Å². The van der Waals surface area contributed by atoms with Crippen LogP contribution in [0.1, 0.15) is 25.7 Å². The zero-order valence-corrected chi connectivity index (χ0v) is 12.4. The Hall–Kier alpha value is -1.40. The normalized spacial score (nSPS) is 27.0. The van der Waals surface area contributed by atoms with Crippen LogP contribution in [-0.4, -0.2) is 59.1 Å². The molecule has 2 N–H and O–H groups in total. The molecule has 1 aromatic rings. The molecule has 1 aromatic heterocycles. The van der Waals surface area contributed by atoms with E-state index in [2.05, 4.69) is 19.8 Å². The Morgan fingerprint density at radius 2 is 1.71 bits per heavy atom. The molecule has 6 nitrogen and oxygen atoms in total. The SMILES string of the molecule is OC[C@H]1CCCN(c2cc(N3CCC[C@@H](O)C3)ncn2)C1. The number of aliphatic hydroxyl groups is 2. The van der Waals surface area contributed by atoms with Gasteiger partial charge in [-0.2, -0.15) is 0 Å². The lowest BCUT2D eigenvalue weighted by Gasteiger charge is -2.34. The van der Waals surface area contributed by atoms with Crippen LogP contribution in [0.5, 0.6) is 0 Å². The first-order chi connectivity index (χ1) is 10.3. The van der Waals surface area contributed by atoms with E-state index in [1.54, 1.807) is 6.33 Å². The first-order valence-electron chi connectivity index (χ1n) is 7.87. The maximum Gasteiger partial charge on any atom is 0.134 e. The lowest BCUT2D eigenvalue weighted by atomic mass is 9.99. The highest BCUT2D eigenvalue weighted by Crippen LogP contribution is 2.25. The standard InChI is InChI=1S/C15H24N4O2/c20-10-12-3-1-5-18(8-12)14-7-15(17-11-16-14)19-6-2-4-13(21)9-19/h7,11-13,20-21H,1-6,8-10H2/t12-,13+/m0/s1. The maximum absolute atomic E-state index is 9.80. The predicted octanol–water partition coefficient (Wildman–Crippen LogP) is 0.646. The van der Waals surface area contributed by atoms with Gasteiger partial charge in [0.25, 0.3) is 0 Å². The van der Waals surface area contributed by atoms with Crippen molar-refractivity contribution < 1.29 is 10.2 Å². The summed E-state index contributed by atoms with van der Waals surface area (Å²) in [7, 11) is 0. The van der Waals surface area contributed by atoms with Crippen LogP contribution in [0, 0.1) is 5.92 Å². The Bertz CT molecular complexity index is 471. The van der Waals surface area contributed by atoms with E-state index in [1.165, 1.54) is 0 Å². The fourth-order valence-corrected chi connectivity index (χ4v) is 3.27. The summed E-state index contributed by atoms with van der Waals surface area (Å²) in [4.78, 5) is 13.1. The molecule has 2 saturated heterocycles. The number of aromatic nitrogens is 2. The van der Waals surface area contributed by atoms with Crippen LogP contribution in [0.3, 0.4) is 0 Å². The van der Waals surface area contributed by atoms with Crippen molar-refractivity contribution in [3.05, 3.63) is 12.4 Å². The molecule has 0 amide bonds. The molecular weight excluding hydrogens is 268 g/mol. The van der Waals surface area contributed by atoms with Crippen molar-refractivity contribution >= 4 is 11.6 Å². The van der Waals surface area contributed by atoms with Gasteiger partial charge in [-0.05, 0) is 31.6 Å². The van der Waals surface area contributed by atoms with E-state index in [9.17, 15) is 10.2 Å². The fourth-order valence-electron chi connectivity index (χ4n) is 3.27. The molecule has 2 atom stereocenters. The lowest BCUT2D eigenvalue weighted by molar-refractivity contribution is 0.154. The van der Waals surface area contributed by atoms with Crippen LogP contribution in [0.2, 0.25) is 0 Å². The minimum Gasteiger partial charge on any atom is -0.396 e. The molecule has 0 radical (unpaired) electrons. The first kappa shape index (κ1) is 14.5. The third-order valence-corrected chi connectivity index (χ3v) is 4.46. The van der Waals surface area contributed by atoms with Gasteiger partial charge in [-0.15, -0.1) is 0 Å². The molecule has 116 valence electrons. The molecular formula is C15H24N4O2. The van der Waals surface area contributed by atoms with Crippen LogP contribution in [0.25, 0.3) is 0 Å². The molecule has 0 aliphatic carbocycles. The molecule has 3 rings (SSSR count). The molecule has 0 aromatic carbocycles. The summed E-state index contributed by atoms with van der Waals surface area (Å²) in [5, 5.41) is 19.2. The van der Waals surface area contributed by atoms with Gasteiger partial charge < -0.3 is 20.0 Å². The van der Waals surface area contributed by atoms with Crippen molar-refractivity contribution in [3.8, 4) is 0 Å². The van der Waals surface area contributed by atoms with Gasteiger partial charge in [0, 0.05) is 38.9 Å². The summed E-state index contributed by atoms with van der Waals surface area (Å²) in [5.74, 6) is 2.16. The van der Waals surface area contributed by atoms with Gasteiger partial charge in [-0.25, -0.2) is 9.97 Å². The third-order valence-electron chi connectivity index (χ3n) is 4.46. The third kappa shape index (κ3) is 3.44. The molecule has 0 unspecified atom stereocenters. The number of anilines is 2. The number of piperidine rings is 2. The van der Waals surface area contributed by atoms with Crippen LogP contribution in [-0.2, 0) is 0 Å². The van der Waals surface area contributed by atoms with Crippen LogP contribution >= 0.6 is 0 Å². The Morgan fingerprint density at radius 1 is 1.05 bits per heavy atom. The van der Waals surface area contributed by atoms with Crippen LogP contribution in [0.4, 0.5) is 11.6 Å². The molecule has 21 heavy (non-hydrogen) atoms. The maximum atomic E-state index is 9.80. The lowest BCUT2D eigenvalue weighted by Crippen LogP contribution is -2.39. The van der Waals surface area contributed by atoms with E-state index in [1.807, 2.05) is 6.07 Å². The Kier molecular flexibility index (Phi) is 4.55. The second-order valence-corrected chi connectivity index (χ2v) is 6.11. The van der Waals surface area contributed by atoms with Crippen molar-refractivity contribution in [1.29, 1.82) is 0 Å². The van der Waals surface area contributed by atoms with Crippen molar-refractivity contribution in [3.63, 3.8) is 0 Å². The van der Waals surface area contributed by atoms with Gasteiger partial charge in [0.05, 0.1) is 6.10 Å². The van der Waals surface area contributed by atoms with Crippen LogP contribution < -0.4 is 9.80 Å². The Balaban J connectivity index is 1.73. The van der Waals surface area contributed by atoms with E-state index in [0.717, 1.165) is 57.0 Å². The summed E-state index contributed by atoms with van der Waals surface area (Å²) in [6.07, 6.45) is 5.39.